The van der Waals surface area contributed by atoms with Crippen molar-refractivity contribution in [1.29, 1.82) is 0 Å². The fourth-order valence-corrected chi connectivity index (χ4v) is 10.1. The lowest BCUT2D eigenvalue weighted by molar-refractivity contribution is -0.156. The van der Waals surface area contributed by atoms with E-state index in [9.17, 15) is 23.5 Å². The Hall–Kier alpha value is -1.05. The minimum Gasteiger partial charge on any atom is -0.459 e. The number of esters is 1. The molecule has 0 amide bonds. The predicted octanol–water partition coefficient (Wildman–Crippen LogP) is 2.81. The van der Waals surface area contributed by atoms with Gasteiger partial charge < -0.3 is 32.4 Å². The predicted molar refractivity (Wildman–Crippen MR) is 169 cm³/mol. The zero-order valence-corrected chi connectivity index (χ0v) is 29.6. The van der Waals surface area contributed by atoms with Crippen LogP contribution in [0.4, 0.5) is 0 Å². The molecule has 16 heteroatoms. The lowest BCUT2D eigenvalue weighted by Gasteiger charge is -2.37. The van der Waals surface area contributed by atoms with Gasteiger partial charge in [0.1, 0.15) is 18.2 Å². The highest BCUT2D eigenvalue weighted by Gasteiger charge is 2.51. The molecule has 1 heterocycles. The van der Waals surface area contributed by atoms with E-state index in [0.29, 0.717) is 52.4 Å². The number of nitrogens with zero attached hydrogens (tertiary/aromatic N) is 4. The van der Waals surface area contributed by atoms with Crippen LogP contribution in [0.5, 0.6) is 0 Å². The quantitative estimate of drug-likeness (QED) is 0.120. The van der Waals surface area contributed by atoms with Crippen LogP contribution in [-0.4, -0.2) is 154 Å². The Bertz CT molecular complexity index is 902. The van der Waals surface area contributed by atoms with Crippen LogP contribution in [0, 0.1) is 0 Å². The number of hydrogen-bond donors (Lipinski definition) is 0. The summed E-state index contributed by atoms with van der Waals surface area (Å²) in [5.41, 5.74) is -0.645. The van der Waals surface area contributed by atoms with Crippen molar-refractivity contribution >= 4 is 33.7 Å². The van der Waals surface area contributed by atoms with E-state index in [1.54, 1.807) is 27.7 Å². The molecule has 0 aliphatic carbocycles. The van der Waals surface area contributed by atoms with Gasteiger partial charge in [-0.2, -0.15) is 0 Å². The molecule has 0 aromatic rings. The molecule has 0 saturated carbocycles. The number of carbonyl (C=O) groups is 3. The monoisotopic (exact) mass is 670 g/mol. The van der Waals surface area contributed by atoms with E-state index in [0.717, 1.165) is 12.6 Å². The Morgan fingerprint density at radius 2 is 1.00 bits per heavy atom. The highest BCUT2D eigenvalue weighted by molar-refractivity contribution is 7.72. The number of rotatable bonds is 18. The summed E-state index contributed by atoms with van der Waals surface area (Å²) >= 11 is 0. The van der Waals surface area contributed by atoms with Gasteiger partial charge in [0.2, 0.25) is 0 Å². The first kappa shape index (κ1) is 41.0. The second-order valence-corrected chi connectivity index (χ2v) is 16.2. The molecule has 0 N–H and O–H groups in total. The highest BCUT2D eigenvalue weighted by atomic mass is 31.2. The first-order chi connectivity index (χ1) is 20.8. The van der Waals surface area contributed by atoms with E-state index in [2.05, 4.69) is 0 Å². The lowest BCUT2D eigenvalue weighted by Crippen LogP contribution is -2.49. The summed E-state index contributed by atoms with van der Waals surface area (Å²) in [5.74, 6) is -0.373. The number of aldehydes is 2. The molecule has 0 atom stereocenters. The molecule has 14 nitrogen and oxygen atoms in total. The molecular formula is C28H56N4O10P2. The molecule has 0 radical (unpaired) electrons. The standard InChI is InChI=1S/C28H56N4O10P2/c1-8-38-43(36,39-9-2)27(44(37,40-10-3)41-11-4)25-32-17-15-30(21-23-34)13-12-29(20-22-33)14-16-31(18-19-32)24-26(35)42-28(5,6)7/h22-23,27H,8-21,24-25H2,1-7H3. The van der Waals surface area contributed by atoms with Crippen LogP contribution >= 0.6 is 15.2 Å². The van der Waals surface area contributed by atoms with Crippen LogP contribution in [0.25, 0.3) is 0 Å². The summed E-state index contributed by atoms with van der Waals surface area (Å²) in [6, 6.07) is 0. The van der Waals surface area contributed by atoms with E-state index in [4.69, 9.17) is 22.8 Å². The topological polar surface area (TPSA) is 144 Å². The highest BCUT2D eigenvalue weighted by Crippen LogP contribution is 2.70. The third-order valence-corrected chi connectivity index (χ3v) is 12.7. The van der Waals surface area contributed by atoms with Gasteiger partial charge in [-0.1, -0.05) is 0 Å². The normalized spacial score (nSPS) is 18.1. The molecule has 258 valence electrons. The largest absolute Gasteiger partial charge is 0.459 e. The van der Waals surface area contributed by atoms with Crippen molar-refractivity contribution in [1.82, 2.24) is 19.6 Å². The van der Waals surface area contributed by atoms with E-state index in [1.807, 2.05) is 40.4 Å². The van der Waals surface area contributed by atoms with Gasteiger partial charge in [-0.25, -0.2) is 0 Å². The van der Waals surface area contributed by atoms with Gasteiger partial charge in [0, 0.05) is 58.9 Å². The summed E-state index contributed by atoms with van der Waals surface area (Å²) < 4.78 is 56.7. The molecule has 1 fully saturated rings. The molecule has 0 aromatic carbocycles. The molecule has 0 unspecified atom stereocenters. The van der Waals surface area contributed by atoms with E-state index in [1.165, 1.54) is 0 Å². The van der Waals surface area contributed by atoms with Crippen molar-refractivity contribution in [3.63, 3.8) is 0 Å². The van der Waals surface area contributed by atoms with Crippen LogP contribution in [0.2, 0.25) is 0 Å². The number of ether oxygens (including phenoxy) is 1. The summed E-state index contributed by atoms with van der Waals surface area (Å²) in [5, 5.41) is -1.23. The summed E-state index contributed by atoms with van der Waals surface area (Å²) in [6.07, 6.45) is 1.68. The van der Waals surface area contributed by atoms with Gasteiger partial charge in [-0.05, 0) is 48.5 Å². The average molecular weight is 671 g/mol. The van der Waals surface area contributed by atoms with Gasteiger partial charge in [-0.3, -0.25) is 33.5 Å². The van der Waals surface area contributed by atoms with Crippen molar-refractivity contribution in [2.45, 2.75) is 59.5 Å². The van der Waals surface area contributed by atoms with Crippen LogP contribution < -0.4 is 0 Å². The fraction of sp³-hybridized carbons (Fsp3) is 0.893. The van der Waals surface area contributed by atoms with Crippen molar-refractivity contribution in [3.8, 4) is 0 Å². The maximum atomic E-state index is 14.2. The van der Waals surface area contributed by atoms with Crippen LogP contribution in [0.3, 0.4) is 0 Å². The van der Waals surface area contributed by atoms with Crippen LogP contribution in [0.1, 0.15) is 48.5 Å². The molecule has 1 saturated heterocycles. The molecule has 1 rings (SSSR count). The zero-order chi connectivity index (χ0) is 33.2. The van der Waals surface area contributed by atoms with Gasteiger partial charge in [0.05, 0.1) is 46.1 Å². The van der Waals surface area contributed by atoms with E-state index < -0.39 is 26.2 Å². The SMILES string of the molecule is CCOP(=O)(OCC)C(CN1CCN(CC=O)CCN(CC=O)CCN(CC(=O)OC(C)(C)C)CC1)P(=O)(OCC)OCC. The first-order valence-electron chi connectivity index (χ1n) is 15.6. The van der Waals surface area contributed by atoms with Crippen molar-refractivity contribution in [2.75, 3.05) is 105 Å². The maximum absolute atomic E-state index is 14.2. The first-order valence-corrected chi connectivity index (χ1v) is 18.8. The summed E-state index contributed by atoms with van der Waals surface area (Å²) in [4.78, 5) is 43.6. The zero-order valence-electron chi connectivity index (χ0n) is 27.8. The fourth-order valence-electron chi connectivity index (χ4n) is 4.79. The van der Waals surface area contributed by atoms with Crippen LogP contribution in [-0.2, 0) is 46.3 Å². The lowest BCUT2D eigenvalue weighted by atomic mass is 10.2. The second kappa shape index (κ2) is 20.9. The Kier molecular flexibility index (Phi) is 19.5. The number of hydrogen-bond acceptors (Lipinski definition) is 14. The molecule has 1 aliphatic rings. The molecule has 0 aromatic heterocycles. The molecule has 44 heavy (non-hydrogen) atoms. The third kappa shape index (κ3) is 15.0. The third-order valence-electron chi connectivity index (χ3n) is 6.76. The Morgan fingerprint density at radius 1 is 0.659 bits per heavy atom. The summed E-state index contributed by atoms with van der Waals surface area (Å²) in [6.45, 7) is 16.7. The van der Waals surface area contributed by atoms with Crippen molar-refractivity contribution < 1.29 is 46.3 Å². The molecule has 1 aliphatic heterocycles. The molecular weight excluding hydrogens is 614 g/mol. The Morgan fingerprint density at radius 3 is 1.32 bits per heavy atom. The maximum Gasteiger partial charge on any atom is 0.347 e. The minimum absolute atomic E-state index is 0.00102. The second-order valence-electron chi connectivity index (χ2n) is 11.3. The minimum atomic E-state index is -3.99. The van der Waals surface area contributed by atoms with Gasteiger partial charge >= 0.3 is 21.2 Å². The van der Waals surface area contributed by atoms with Gasteiger partial charge in [0.25, 0.3) is 0 Å². The smallest absolute Gasteiger partial charge is 0.347 e. The van der Waals surface area contributed by atoms with Crippen molar-refractivity contribution in [2.24, 2.45) is 0 Å². The van der Waals surface area contributed by atoms with Crippen LogP contribution in [0.15, 0.2) is 0 Å². The molecule has 0 spiro atoms. The Labute approximate surface area is 264 Å². The van der Waals surface area contributed by atoms with Gasteiger partial charge in [0.15, 0.2) is 5.40 Å². The summed E-state index contributed by atoms with van der Waals surface area (Å²) in [7, 11) is -7.99. The van der Waals surface area contributed by atoms with Gasteiger partial charge in [-0.15, -0.1) is 0 Å². The van der Waals surface area contributed by atoms with Crippen molar-refractivity contribution in [3.05, 3.63) is 0 Å². The van der Waals surface area contributed by atoms with E-state index >= 15 is 0 Å². The van der Waals surface area contributed by atoms with E-state index in [-0.39, 0.29) is 58.6 Å². The average Bonchev–Trinajstić information content (AvgIpc) is 2.92. The molecule has 0 bridgehead atoms. The number of carbonyl (C=O) groups excluding carboxylic acids is 3. The Balaban J connectivity index is 3.48.